The summed E-state index contributed by atoms with van der Waals surface area (Å²) in [6.07, 6.45) is 0.993. The molecule has 158 valence electrons. The van der Waals surface area contributed by atoms with Gasteiger partial charge < -0.3 is 4.74 Å². The lowest BCUT2D eigenvalue weighted by Crippen LogP contribution is -2.01. The first-order valence-corrected chi connectivity index (χ1v) is 10.8. The van der Waals surface area contributed by atoms with Crippen molar-refractivity contribution in [3.05, 3.63) is 98.6 Å². The largest absolute Gasteiger partial charge is 0.494 e. The second-order valence-electron chi connectivity index (χ2n) is 7.81. The average Bonchev–Trinajstić information content (AvgIpc) is 2.82. The van der Waals surface area contributed by atoms with Crippen LogP contribution >= 0.6 is 0 Å². The summed E-state index contributed by atoms with van der Waals surface area (Å²) in [5, 5.41) is 8.95. The van der Waals surface area contributed by atoms with Crippen molar-refractivity contribution in [1.29, 1.82) is 5.26 Å². The van der Waals surface area contributed by atoms with Crippen LogP contribution < -0.4 is 4.74 Å². The van der Waals surface area contributed by atoms with Crippen LogP contribution in [-0.2, 0) is 0 Å². The van der Waals surface area contributed by atoms with Crippen molar-refractivity contribution in [3.8, 4) is 35.5 Å². The molecule has 0 unspecified atom stereocenters. The highest BCUT2D eigenvalue weighted by molar-refractivity contribution is 5.62. The Balaban J connectivity index is 1.92. The lowest BCUT2D eigenvalue weighted by molar-refractivity contribution is 0.317. The van der Waals surface area contributed by atoms with Gasteiger partial charge in [-0.15, -0.1) is 0 Å². The first-order chi connectivity index (χ1) is 15.4. The van der Waals surface area contributed by atoms with Gasteiger partial charge in [0.05, 0.1) is 18.2 Å². The molecule has 2 heteroatoms. The summed E-state index contributed by atoms with van der Waals surface area (Å²) in [5.41, 5.74) is 9.24. The average molecular weight is 418 g/mol. The first kappa shape index (κ1) is 22.7. The summed E-state index contributed by atoms with van der Waals surface area (Å²) in [4.78, 5) is 0. The molecular formula is C30H27NO. The van der Waals surface area contributed by atoms with Gasteiger partial charge in [0.1, 0.15) is 5.75 Å². The van der Waals surface area contributed by atoms with Crippen molar-refractivity contribution in [2.75, 3.05) is 6.61 Å². The standard InChI is InChI=1S/C30H27NO/c1-6-19-32-28-15-11-26(12-16-28)14-18-30-23(4)21(2)29(22(3)24(30)5)17-13-25-7-9-27(20-31)10-8-25/h7-12,15-16H,6,19H2,1-5H3. The molecule has 0 atom stereocenters. The molecule has 2 nitrogen and oxygen atoms in total. The minimum atomic E-state index is 0.639. The van der Waals surface area contributed by atoms with Gasteiger partial charge in [0.2, 0.25) is 0 Å². The van der Waals surface area contributed by atoms with E-state index in [9.17, 15) is 0 Å². The van der Waals surface area contributed by atoms with Crippen LogP contribution in [0.25, 0.3) is 0 Å². The van der Waals surface area contributed by atoms with Crippen molar-refractivity contribution < 1.29 is 4.74 Å². The lowest BCUT2D eigenvalue weighted by Gasteiger charge is -2.14. The zero-order valence-electron chi connectivity index (χ0n) is 19.4. The fourth-order valence-electron chi connectivity index (χ4n) is 3.44. The van der Waals surface area contributed by atoms with E-state index in [4.69, 9.17) is 10.00 Å². The minimum absolute atomic E-state index is 0.639. The van der Waals surface area contributed by atoms with Crippen LogP contribution in [0.1, 0.15) is 63.4 Å². The van der Waals surface area contributed by atoms with Crippen molar-refractivity contribution in [2.24, 2.45) is 0 Å². The molecule has 0 N–H and O–H groups in total. The Kier molecular flexibility index (Phi) is 7.39. The van der Waals surface area contributed by atoms with E-state index in [-0.39, 0.29) is 0 Å². The fourth-order valence-corrected chi connectivity index (χ4v) is 3.44. The van der Waals surface area contributed by atoms with Crippen LogP contribution in [-0.4, -0.2) is 6.61 Å². The molecule has 0 saturated carbocycles. The molecule has 0 fully saturated rings. The van der Waals surface area contributed by atoms with Gasteiger partial charge >= 0.3 is 0 Å². The third-order valence-electron chi connectivity index (χ3n) is 5.63. The summed E-state index contributed by atoms with van der Waals surface area (Å²) in [5.74, 6) is 14.1. The third kappa shape index (κ3) is 5.21. The Morgan fingerprint density at radius 2 is 1.03 bits per heavy atom. The highest BCUT2D eigenvalue weighted by Gasteiger charge is 2.12. The summed E-state index contributed by atoms with van der Waals surface area (Å²) < 4.78 is 5.65. The Morgan fingerprint density at radius 1 is 0.625 bits per heavy atom. The quantitative estimate of drug-likeness (QED) is 0.463. The van der Waals surface area contributed by atoms with Gasteiger partial charge in [0, 0.05) is 22.3 Å². The second-order valence-corrected chi connectivity index (χ2v) is 7.81. The molecule has 32 heavy (non-hydrogen) atoms. The number of hydrogen-bond donors (Lipinski definition) is 0. The Hall–Kier alpha value is -3.93. The highest BCUT2D eigenvalue weighted by Crippen LogP contribution is 2.26. The van der Waals surface area contributed by atoms with Gasteiger partial charge in [-0.3, -0.25) is 0 Å². The normalized spacial score (nSPS) is 9.75. The van der Waals surface area contributed by atoms with E-state index in [0.717, 1.165) is 63.3 Å². The van der Waals surface area contributed by atoms with Crippen LogP contribution in [0.4, 0.5) is 0 Å². The van der Waals surface area contributed by atoms with Crippen LogP contribution in [0, 0.1) is 62.7 Å². The van der Waals surface area contributed by atoms with Crippen LogP contribution in [0.3, 0.4) is 0 Å². The summed E-state index contributed by atoms with van der Waals surface area (Å²) in [6.45, 7) is 11.3. The molecule has 0 bridgehead atoms. The number of nitriles is 1. The summed E-state index contributed by atoms with van der Waals surface area (Å²) >= 11 is 0. The molecule has 3 aromatic carbocycles. The topological polar surface area (TPSA) is 33.0 Å². The SMILES string of the molecule is CCCOc1ccc(C#Cc2c(C)c(C)c(C#Cc3ccc(C#N)cc3)c(C)c2C)cc1. The minimum Gasteiger partial charge on any atom is -0.494 e. The molecule has 0 amide bonds. The van der Waals surface area contributed by atoms with Gasteiger partial charge in [-0.05, 0) is 105 Å². The Morgan fingerprint density at radius 3 is 1.44 bits per heavy atom. The monoisotopic (exact) mass is 417 g/mol. The molecule has 3 aromatic rings. The van der Waals surface area contributed by atoms with E-state index in [1.165, 1.54) is 0 Å². The van der Waals surface area contributed by atoms with Gasteiger partial charge in [0.25, 0.3) is 0 Å². The van der Waals surface area contributed by atoms with E-state index in [0.29, 0.717) is 5.56 Å². The molecule has 0 aliphatic heterocycles. The maximum Gasteiger partial charge on any atom is 0.119 e. The molecule has 0 saturated heterocycles. The molecule has 0 aromatic heterocycles. The zero-order valence-corrected chi connectivity index (χ0v) is 19.4. The van der Waals surface area contributed by atoms with Crippen LogP contribution in [0.2, 0.25) is 0 Å². The zero-order chi connectivity index (χ0) is 23.1. The predicted molar refractivity (Wildman–Crippen MR) is 131 cm³/mol. The fraction of sp³-hybridized carbons (Fsp3) is 0.233. The van der Waals surface area contributed by atoms with E-state index < -0.39 is 0 Å². The molecule has 3 rings (SSSR count). The number of benzene rings is 3. The predicted octanol–water partition coefficient (Wildman–Crippen LogP) is 6.38. The number of ether oxygens (including phenoxy) is 1. The number of nitrogens with zero attached hydrogens (tertiary/aromatic N) is 1. The van der Waals surface area contributed by atoms with E-state index >= 15 is 0 Å². The molecule has 0 aliphatic rings. The summed E-state index contributed by atoms with van der Waals surface area (Å²) in [6, 6.07) is 17.4. The Bertz CT molecular complexity index is 1250. The van der Waals surface area contributed by atoms with Crippen molar-refractivity contribution in [2.45, 2.75) is 41.0 Å². The molecular weight excluding hydrogens is 390 g/mol. The van der Waals surface area contributed by atoms with E-state index in [1.807, 2.05) is 36.4 Å². The number of rotatable bonds is 3. The second kappa shape index (κ2) is 10.4. The van der Waals surface area contributed by atoms with Crippen LogP contribution in [0.15, 0.2) is 48.5 Å². The Labute approximate surface area is 191 Å². The van der Waals surface area contributed by atoms with Gasteiger partial charge in [-0.1, -0.05) is 30.6 Å². The van der Waals surface area contributed by atoms with Gasteiger partial charge in [0.15, 0.2) is 0 Å². The van der Waals surface area contributed by atoms with Crippen molar-refractivity contribution in [1.82, 2.24) is 0 Å². The van der Waals surface area contributed by atoms with Crippen molar-refractivity contribution in [3.63, 3.8) is 0 Å². The van der Waals surface area contributed by atoms with Gasteiger partial charge in [-0.25, -0.2) is 0 Å². The lowest BCUT2D eigenvalue weighted by atomic mass is 9.89. The smallest absolute Gasteiger partial charge is 0.119 e. The van der Waals surface area contributed by atoms with Gasteiger partial charge in [-0.2, -0.15) is 5.26 Å². The van der Waals surface area contributed by atoms with E-state index in [1.54, 1.807) is 12.1 Å². The summed E-state index contributed by atoms with van der Waals surface area (Å²) in [7, 11) is 0. The first-order valence-electron chi connectivity index (χ1n) is 10.8. The van der Waals surface area contributed by atoms with Crippen LogP contribution in [0.5, 0.6) is 5.75 Å². The molecule has 0 spiro atoms. The maximum atomic E-state index is 8.95. The maximum absolute atomic E-state index is 8.95. The van der Waals surface area contributed by atoms with Crippen molar-refractivity contribution >= 4 is 0 Å². The molecule has 0 aliphatic carbocycles. The highest BCUT2D eigenvalue weighted by atomic mass is 16.5. The number of hydrogen-bond acceptors (Lipinski definition) is 2. The van der Waals surface area contributed by atoms with E-state index in [2.05, 4.69) is 64.4 Å². The molecule has 0 heterocycles. The third-order valence-corrected chi connectivity index (χ3v) is 5.63. The molecule has 0 radical (unpaired) electrons.